The fourth-order valence-electron chi connectivity index (χ4n) is 2.00. The van der Waals surface area contributed by atoms with Gasteiger partial charge in [0.1, 0.15) is 0 Å². The van der Waals surface area contributed by atoms with Crippen molar-refractivity contribution < 1.29 is 19.8 Å². The molecule has 0 aromatic rings. The quantitative estimate of drug-likeness (QED) is 0.700. The molecule has 1 aliphatic heterocycles. The van der Waals surface area contributed by atoms with Crippen molar-refractivity contribution in [3.8, 4) is 0 Å². The lowest BCUT2D eigenvalue weighted by Gasteiger charge is -2.41. The highest BCUT2D eigenvalue weighted by molar-refractivity contribution is 5.76. The van der Waals surface area contributed by atoms with Crippen LogP contribution in [-0.4, -0.2) is 64.8 Å². The normalized spacial score (nSPS) is 15.5. The number of rotatable bonds is 6. The minimum atomic E-state index is -0.817. The number of carbonyl (C=O) groups is 2. The SMILES string of the molecule is CCCN(CCO)C(=O)N1CC(CC(=O)O)C1. The standard InChI is InChI=1S/C11H20N2O4/c1-2-3-12(4-5-14)11(17)13-7-9(8-13)6-10(15)16/h9,14H,2-8H2,1H3,(H,15,16). The van der Waals surface area contributed by atoms with Gasteiger partial charge in [-0.2, -0.15) is 0 Å². The van der Waals surface area contributed by atoms with Crippen LogP contribution in [0, 0.1) is 5.92 Å². The lowest BCUT2D eigenvalue weighted by atomic mass is 9.97. The Labute approximate surface area is 101 Å². The maximum Gasteiger partial charge on any atom is 0.320 e. The van der Waals surface area contributed by atoms with Gasteiger partial charge in [-0.05, 0) is 6.42 Å². The van der Waals surface area contributed by atoms with Crippen molar-refractivity contribution in [2.75, 3.05) is 32.8 Å². The monoisotopic (exact) mass is 244 g/mol. The predicted octanol–water partition coefficient (Wildman–Crippen LogP) is 0.217. The fourth-order valence-corrected chi connectivity index (χ4v) is 2.00. The molecule has 0 atom stereocenters. The zero-order chi connectivity index (χ0) is 12.8. The van der Waals surface area contributed by atoms with Crippen molar-refractivity contribution in [1.29, 1.82) is 0 Å². The molecule has 1 heterocycles. The molecule has 0 saturated carbocycles. The molecule has 1 aliphatic rings. The van der Waals surface area contributed by atoms with Gasteiger partial charge in [-0.1, -0.05) is 6.92 Å². The second-order valence-electron chi connectivity index (χ2n) is 4.36. The van der Waals surface area contributed by atoms with Crippen molar-refractivity contribution in [3.63, 3.8) is 0 Å². The number of aliphatic carboxylic acids is 1. The summed E-state index contributed by atoms with van der Waals surface area (Å²) in [5.74, 6) is -0.739. The highest BCUT2D eigenvalue weighted by Gasteiger charge is 2.33. The number of hydrogen-bond acceptors (Lipinski definition) is 3. The molecule has 0 spiro atoms. The molecular weight excluding hydrogens is 224 g/mol. The van der Waals surface area contributed by atoms with Gasteiger partial charge in [0.15, 0.2) is 0 Å². The van der Waals surface area contributed by atoms with Gasteiger partial charge in [-0.15, -0.1) is 0 Å². The van der Waals surface area contributed by atoms with Crippen LogP contribution in [-0.2, 0) is 4.79 Å². The van der Waals surface area contributed by atoms with Gasteiger partial charge < -0.3 is 20.0 Å². The molecule has 6 nitrogen and oxygen atoms in total. The van der Waals surface area contributed by atoms with Gasteiger partial charge in [0.05, 0.1) is 13.0 Å². The first-order chi connectivity index (χ1) is 8.08. The second kappa shape index (κ2) is 6.44. The van der Waals surface area contributed by atoms with Crippen LogP contribution in [0.4, 0.5) is 4.79 Å². The summed E-state index contributed by atoms with van der Waals surface area (Å²) in [5.41, 5.74) is 0. The van der Waals surface area contributed by atoms with E-state index in [0.29, 0.717) is 26.2 Å². The Morgan fingerprint density at radius 1 is 1.35 bits per heavy atom. The molecule has 1 saturated heterocycles. The summed E-state index contributed by atoms with van der Waals surface area (Å²) in [4.78, 5) is 25.6. The molecule has 1 fully saturated rings. The number of amides is 2. The number of carboxylic acids is 1. The lowest BCUT2D eigenvalue weighted by molar-refractivity contribution is -0.139. The molecule has 6 heteroatoms. The summed E-state index contributed by atoms with van der Waals surface area (Å²) in [6, 6.07) is -0.0949. The Bertz CT molecular complexity index is 271. The molecule has 0 bridgehead atoms. The van der Waals surface area contributed by atoms with E-state index in [9.17, 15) is 9.59 Å². The zero-order valence-electron chi connectivity index (χ0n) is 10.1. The number of aliphatic hydroxyl groups excluding tert-OH is 1. The van der Waals surface area contributed by atoms with Crippen molar-refractivity contribution in [2.45, 2.75) is 19.8 Å². The number of urea groups is 1. The average Bonchev–Trinajstić information content (AvgIpc) is 2.21. The van der Waals surface area contributed by atoms with E-state index in [1.54, 1.807) is 9.80 Å². The van der Waals surface area contributed by atoms with Crippen LogP contribution in [0.3, 0.4) is 0 Å². The molecule has 0 aliphatic carbocycles. The Balaban J connectivity index is 2.35. The van der Waals surface area contributed by atoms with Crippen LogP contribution < -0.4 is 0 Å². The third-order valence-corrected chi connectivity index (χ3v) is 2.82. The Morgan fingerprint density at radius 3 is 2.47 bits per heavy atom. The molecule has 0 radical (unpaired) electrons. The molecule has 0 unspecified atom stereocenters. The number of likely N-dealkylation sites (tertiary alicyclic amines) is 1. The minimum absolute atomic E-state index is 0.0435. The van der Waals surface area contributed by atoms with Crippen molar-refractivity contribution in [2.24, 2.45) is 5.92 Å². The molecule has 98 valence electrons. The highest BCUT2D eigenvalue weighted by atomic mass is 16.4. The highest BCUT2D eigenvalue weighted by Crippen LogP contribution is 2.20. The fraction of sp³-hybridized carbons (Fsp3) is 0.818. The molecule has 0 aromatic carbocycles. The summed E-state index contributed by atoms with van der Waals surface area (Å²) in [7, 11) is 0. The second-order valence-corrected chi connectivity index (χ2v) is 4.36. The van der Waals surface area contributed by atoms with E-state index >= 15 is 0 Å². The topological polar surface area (TPSA) is 81.1 Å². The summed E-state index contributed by atoms with van der Waals surface area (Å²) < 4.78 is 0. The summed E-state index contributed by atoms with van der Waals surface area (Å²) in [6.45, 7) is 3.92. The van der Waals surface area contributed by atoms with E-state index in [0.717, 1.165) is 6.42 Å². The maximum atomic E-state index is 11.9. The molecular formula is C11H20N2O4. The van der Waals surface area contributed by atoms with E-state index in [4.69, 9.17) is 10.2 Å². The lowest BCUT2D eigenvalue weighted by Crippen LogP contribution is -2.55. The number of carboxylic acid groups (broad SMARTS) is 1. The largest absolute Gasteiger partial charge is 0.481 e. The summed E-state index contributed by atoms with van der Waals surface area (Å²) >= 11 is 0. The van der Waals surface area contributed by atoms with Crippen LogP contribution in [0.1, 0.15) is 19.8 Å². The van der Waals surface area contributed by atoms with Crippen LogP contribution in [0.25, 0.3) is 0 Å². The van der Waals surface area contributed by atoms with Crippen LogP contribution in [0.2, 0.25) is 0 Å². The van der Waals surface area contributed by atoms with E-state index < -0.39 is 5.97 Å². The van der Waals surface area contributed by atoms with Gasteiger partial charge in [0, 0.05) is 32.1 Å². The Kier molecular flexibility index (Phi) is 5.21. The number of aliphatic hydroxyl groups is 1. The molecule has 0 aromatic heterocycles. The van der Waals surface area contributed by atoms with Gasteiger partial charge >= 0.3 is 12.0 Å². The first kappa shape index (κ1) is 13.8. The van der Waals surface area contributed by atoms with Crippen molar-refractivity contribution in [3.05, 3.63) is 0 Å². The predicted molar refractivity (Wildman–Crippen MR) is 61.7 cm³/mol. The van der Waals surface area contributed by atoms with E-state index in [-0.39, 0.29) is 25.0 Å². The van der Waals surface area contributed by atoms with Gasteiger partial charge in [-0.25, -0.2) is 4.79 Å². The molecule has 2 amide bonds. The smallest absolute Gasteiger partial charge is 0.320 e. The Hall–Kier alpha value is -1.30. The Morgan fingerprint density at radius 2 is 2.00 bits per heavy atom. The first-order valence-electron chi connectivity index (χ1n) is 5.95. The maximum absolute atomic E-state index is 11.9. The van der Waals surface area contributed by atoms with Gasteiger partial charge in [0.2, 0.25) is 0 Å². The number of nitrogens with zero attached hydrogens (tertiary/aromatic N) is 2. The van der Waals surface area contributed by atoms with E-state index in [1.165, 1.54) is 0 Å². The third-order valence-electron chi connectivity index (χ3n) is 2.82. The summed E-state index contributed by atoms with van der Waals surface area (Å²) in [5, 5.41) is 17.5. The van der Waals surface area contributed by atoms with Crippen LogP contribution in [0.5, 0.6) is 0 Å². The number of hydrogen-bond donors (Lipinski definition) is 2. The van der Waals surface area contributed by atoms with Crippen molar-refractivity contribution in [1.82, 2.24) is 9.80 Å². The van der Waals surface area contributed by atoms with E-state index in [1.807, 2.05) is 6.92 Å². The van der Waals surface area contributed by atoms with Crippen LogP contribution >= 0.6 is 0 Å². The average molecular weight is 244 g/mol. The minimum Gasteiger partial charge on any atom is -0.481 e. The molecule has 2 N–H and O–H groups in total. The van der Waals surface area contributed by atoms with Gasteiger partial charge in [-0.3, -0.25) is 4.79 Å². The molecule has 17 heavy (non-hydrogen) atoms. The summed E-state index contributed by atoms with van der Waals surface area (Å²) in [6.07, 6.45) is 0.968. The number of carbonyl (C=O) groups excluding carboxylic acids is 1. The third kappa shape index (κ3) is 3.89. The van der Waals surface area contributed by atoms with Gasteiger partial charge in [0.25, 0.3) is 0 Å². The molecule has 1 rings (SSSR count). The van der Waals surface area contributed by atoms with Crippen LogP contribution in [0.15, 0.2) is 0 Å². The zero-order valence-corrected chi connectivity index (χ0v) is 10.1. The van der Waals surface area contributed by atoms with Crippen molar-refractivity contribution >= 4 is 12.0 Å². The van der Waals surface area contributed by atoms with E-state index in [2.05, 4.69) is 0 Å². The first-order valence-corrected chi connectivity index (χ1v) is 5.95.